The van der Waals surface area contributed by atoms with E-state index in [1.54, 1.807) is 36.7 Å². The second-order valence-corrected chi connectivity index (χ2v) is 5.24. The van der Waals surface area contributed by atoms with E-state index in [-0.39, 0.29) is 12.3 Å². The number of benzene rings is 1. The van der Waals surface area contributed by atoms with E-state index in [1.165, 1.54) is 0 Å². The van der Waals surface area contributed by atoms with Gasteiger partial charge in [-0.25, -0.2) is 0 Å². The molecule has 0 saturated carbocycles. The first-order chi connectivity index (χ1) is 11.2. The van der Waals surface area contributed by atoms with Crippen LogP contribution in [0, 0.1) is 0 Å². The van der Waals surface area contributed by atoms with Crippen LogP contribution in [0.2, 0.25) is 5.02 Å². The summed E-state index contributed by atoms with van der Waals surface area (Å²) in [6.45, 7) is 0. The van der Waals surface area contributed by atoms with Crippen molar-refractivity contribution in [1.82, 2.24) is 15.1 Å². The molecule has 1 aromatic carbocycles. The zero-order valence-corrected chi connectivity index (χ0v) is 12.8. The molecule has 0 aliphatic rings. The molecule has 0 unspecified atom stereocenters. The predicted molar refractivity (Wildman–Crippen MR) is 85.9 cm³/mol. The molecule has 0 spiro atoms. The molecule has 7 heteroatoms. The second kappa shape index (κ2) is 7.02. The Hall–Kier alpha value is -2.73. The molecule has 0 saturated heterocycles. The molecule has 116 valence electrons. The Morgan fingerprint density at radius 1 is 1.13 bits per heavy atom. The fourth-order valence-electron chi connectivity index (χ4n) is 1.95. The van der Waals surface area contributed by atoms with E-state index in [0.29, 0.717) is 28.8 Å². The number of amides is 1. The summed E-state index contributed by atoms with van der Waals surface area (Å²) in [6, 6.07) is 10.6. The van der Waals surface area contributed by atoms with Crippen LogP contribution in [0.4, 0.5) is 5.69 Å². The van der Waals surface area contributed by atoms with Gasteiger partial charge in [0.2, 0.25) is 17.6 Å². The number of nitrogens with zero attached hydrogens (tertiary/aromatic N) is 3. The number of nitrogens with one attached hydrogen (secondary N) is 1. The fourth-order valence-corrected chi connectivity index (χ4v) is 2.08. The normalized spacial score (nSPS) is 10.5. The Labute approximate surface area is 137 Å². The van der Waals surface area contributed by atoms with Crippen LogP contribution in [0.5, 0.6) is 0 Å². The topological polar surface area (TPSA) is 80.9 Å². The number of hydrogen-bond acceptors (Lipinski definition) is 5. The Balaban J connectivity index is 1.57. The van der Waals surface area contributed by atoms with Crippen molar-refractivity contribution in [2.75, 3.05) is 5.32 Å². The zero-order chi connectivity index (χ0) is 16.1. The van der Waals surface area contributed by atoms with Crippen LogP contribution in [-0.2, 0) is 11.2 Å². The van der Waals surface area contributed by atoms with E-state index in [2.05, 4.69) is 20.4 Å². The highest BCUT2D eigenvalue weighted by Crippen LogP contribution is 2.19. The molecule has 0 atom stereocenters. The number of aromatic nitrogens is 3. The Morgan fingerprint density at radius 2 is 1.87 bits per heavy atom. The predicted octanol–water partition coefficient (Wildman–Crippen LogP) is 3.36. The number of pyridine rings is 1. The van der Waals surface area contributed by atoms with Crippen molar-refractivity contribution in [1.29, 1.82) is 0 Å². The van der Waals surface area contributed by atoms with E-state index in [4.69, 9.17) is 16.1 Å². The van der Waals surface area contributed by atoms with E-state index in [0.717, 1.165) is 5.56 Å². The maximum atomic E-state index is 11.9. The molecule has 2 heterocycles. The lowest BCUT2D eigenvalue weighted by molar-refractivity contribution is -0.116. The number of halogens is 1. The molecule has 1 N–H and O–H groups in total. The lowest BCUT2D eigenvalue weighted by atomic mass is 10.2. The Bertz CT molecular complexity index is 787. The largest absolute Gasteiger partial charge is 0.339 e. The average Bonchev–Trinajstić information content (AvgIpc) is 3.04. The molecule has 6 nitrogen and oxygen atoms in total. The van der Waals surface area contributed by atoms with Gasteiger partial charge in [-0.05, 0) is 36.4 Å². The molecule has 0 aliphatic heterocycles. The number of hydrogen-bond donors (Lipinski definition) is 1. The van der Waals surface area contributed by atoms with Crippen molar-refractivity contribution < 1.29 is 9.32 Å². The number of rotatable bonds is 5. The lowest BCUT2D eigenvalue weighted by Gasteiger charge is -2.02. The van der Waals surface area contributed by atoms with E-state index < -0.39 is 0 Å². The molecule has 0 bridgehead atoms. The summed E-state index contributed by atoms with van der Waals surface area (Å²) in [7, 11) is 0. The molecule has 0 fully saturated rings. The molecule has 1 amide bonds. The highest BCUT2D eigenvalue weighted by molar-refractivity contribution is 6.30. The molecule has 2 aromatic heterocycles. The minimum atomic E-state index is -0.123. The fraction of sp³-hybridized carbons (Fsp3) is 0.125. The monoisotopic (exact) mass is 328 g/mol. The standard InChI is InChI=1S/C16H13ClN4O2/c17-12-3-1-11(2-4-12)16-20-15(23-21-16)6-5-14(22)19-13-7-9-18-10-8-13/h1-4,7-10H,5-6H2,(H,18,19,22). The van der Waals surface area contributed by atoms with Crippen LogP contribution >= 0.6 is 11.6 Å². The third-order valence-corrected chi connectivity index (χ3v) is 3.35. The van der Waals surface area contributed by atoms with Crippen molar-refractivity contribution in [3.8, 4) is 11.4 Å². The summed E-state index contributed by atoms with van der Waals surface area (Å²) in [5, 5.41) is 7.33. The second-order valence-electron chi connectivity index (χ2n) is 4.80. The van der Waals surface area contributed by atoms with Gasteiger partial charge < -0.3 is 9.84 Å². The van der Waals surface area contributed by atoms with Gasteiger partial charge in [0.15, 0.2) is 0 Å². The minimum Gasteiger partial charge on any atom is -0.339 e. The van der Waals surface area contributed by atoms with E-state index in [9.17, 15) is 4.79 Å². The lowest BCUT2D eigenvalue weighted by Crippen LogP contribution is -2.12. The molecule has 0 aliphatic carbocycles. The van der Waals surface area contributed by atoms with Crippen LogP contribution in [0.3, 0.4) is 0 Å². The molecule has 0 radical (unpaired) electrons. The molecule has 23 heavy (non-hydrogen) atoms. The number of anilines is 1. The Kier molecular flexibility index (Phi) is 4.63. The summed E-state index contributed by atoms with van der Waals surface area (Å²) in [4.78, 5) is 20.0. The van der Waals surface area contributed by atoms with Gasteiger partial charge in [0, 0.05) is 41.5 Å². The quantitative estimate of drug-likeness (QED) is 0.776. The summed E-state index contributed by atoms with van der Waals surface area (Å²) in [5.41, 5.74) is 1.52. The molecular weight excluding hydrogens is 316 g/mol. The maximum absolute atomic E-state index is 11.9. The molecule has 3 rings (SSSR count). The van der Waals surface area contributed by atoms with Gasteiger partial charge in [0.25, 0.3) is 0 Å². The zero-order valence-electron chi connectivity index (χ0n) is 12.1. The average molecular weight is 329 g/mol. The number of carbonyl (C=O) groups is 1. The summed E-state index contributed by atoms with van der Waals surface area (Å²) < 4.78 is 5.17. The van der Waals surface area contributed by atoms with Gasteiger partial charge in [0.1, 0.15) is 0 Å². The SMILES string of the molecule is O=C(CCc1nc(-c2ccc(Cl)cc2)no1)Nc1ccncc1. The summed E-state index contributed by atoms with van der Waals surface area (Å²) in [5.74, 6) is 0.772. The first kappa shape index (κ1) is 15.2. The number of carbonyl (C=O) groups excluding carboxylic acids is 1. The highest BCUT2D eigenvalue weighted by Gasteiger charge is 2.11. The van der Waals surface area contributed by atoms with Gasteiger partial charge in [-0.3, -0.25) is 9.78 Å². The summed E-state index contributed by atoms with van der Waals surface area (Å²) in [6.07, 6.45) is 3.86. The van der Waals surface area contributed by atoms with Gasteiger partial charge in [-0.2, -0.15) is 4.98 Å². The van der Waals surface area contributed by atoms with E-state index >= 15 is 0 Å². The first-order valence-electron chi connectivity index (χ1n) is 6.99. The van der Waals surface area contributed by atoms with Gasteiger partial charge in [-0.15, -0.1) is 0 Å². The van der Waals surface area contributed by atoms with Crippen LogP contribution in [-0.4, -0.2) is 21.0 Å². The third kappa shape index (κ3) is 4.14. The van der Waals surface area contributed by atoms with Gasteiger partial charge in [-0.1, -0.05) is 16.8 Å². The summed E-state index contributed by atoms with van der Waals surface area (Å²) >= 11 is 5.84. The van der Waals surface area contributed by atoms with Crippen molar-refractivity contribution in [3.05, 3.63) is 59.7 Å². The van der Waals surface area contributed by atoms with Crippen LogP contribution in [0.1, 0.15) is 12.3 Å². The van der Waals surface area contributed by atoms with Crippen LogP contribution < -0.4 is 5.32 Å². The van der Waals surface area contributed by atoms with E-state index in [1.807, 2.05) is 12.1 Å². The smallest absolute Gasteiger partial charge is 0.227 e. The third-order valence-electron chi connectivity index (χ3n) is 3.10. The van der Waals surface area contributed by atoms with Gasteiger partial charge in [0.05, 0.1) is 0 Å². The first-order valence-corrected chi connectivity index (χ1v) is 7.37. The number of aryl methyl sites for hydroxylation is 1. The minimum absolute atomic E-state index is 0.123. The van der Waals surface area contributed by atoms with Crippen molar-refractivity contribution in [2.45, 2.75) is 12.8 Å². The van der Waals surface area contributed by atoms with Gasteiger partial charge >= 0.3 is 0 Å². The molecule has 3 aromatic rings. The van der Waals surface area contributed by atoms with Crippen molar-refractivity contribution in [2.24, 2.45) is 0 Å². The van der Waals surface area contributed by atoms with Crippen molar-refractivity contribution >= 4 is 23.2 Å². The highest BCUT2D eigenvalue weighted by atomic mass is 35.5. The molecular formula is C16H13ClN4O2. The maximum Gasteiger partial charge on any atom is 0.227 e. The van der Waals surface area contributed by atoms with Crippen LogP contribution in [0.25, 0.3) is 11.4 Å². The Morgan fingerprint density at radius 3 is 2.61 bits per heavy atom. The van der Waals surface area contributed by atoms with Crippen LogP contribution in [0.15, 0.2) is 53.3 Å². The van der Waals surface area contributed by atoms with Crippen molar-refractivity contribution in [3.63, 3.8) is 0 Å².